The van der Waals surface area contributed by atoms with Gasteiger partial charge in [-0.2, -0.15) is 0 Å². The first-order valence-electron chi connectivity index (χ1n) is 22.5. The summed E-state index contributed by atoms with van der Waals surface area (Å²) in [5.74, 6) is -2.01. The molecule has 0 aromatic heterocycles. The molecule has 0 rings (SSSR count). The number of unbranched alkanes of at least 4 members (excludes halogenated alkanes) is 22. The predicted octanol–water partition coefficient (Wildman–Crippen LogP) is 11.7. The van der Waals surface area contributed by atoms with Crippen LogP contribution in [0.15, 0.2) is 24.3 Å². The van der Waals surface area contributed by atoms with Gasteiger partial charge in [0.2, 0.25) is 0 Å². The normalized spacial score (nSPS) is 13.1. The molecule has 0 radical (unpaired) electrons. The van der Waals surface area contributed by atoms with Crippen LogP contribution in [-0.2, 0) is 33.3 Å². The second-order valence-corrected chi connectivity index (χ2v) is 16.4. The van der Waals surface area contributed by atoms with E-state index in [2.05, 4.69) is 38.2 Å². The van der Waals surface area contributed by atoms with Crippen molar-refractivity contribution in [3.63, 3.8) is 0 Å². The number of ether oxygens (including phenoxy) is 4. The van der Waals surface area contributed by atoms with Gasteiger partial charge in [0.25, 0.3) is 6.29 Å². The molecule has 0 bridgehead atoms. The number of quaternary nitrogens is 1. The quantitative estimate of drug-likeness (QED) is 0.0215. The predicted molar refractivity (Wildman–Crippen MR) is 226 cm³/mol. The van der Waals surface area contributed by atoms with E-state index in [0.717, 1.165) is 51.4 Å². The first-order valence-corrected chi connectivity index (χ1v) is 22.5. The molecule has 2 unspecified atom stereocenters. The third-order valence-corrected chi connectivity index (χ3v) is 9.71. The minimum Gasteiger partial charge on any atom is -0.477 e. The topological polar surface area (TPSA) is 108 Å². The Bertz CT molecular complexity index is 960. The van der Waals surface area contributed by atoms with E-state index < -0.39 is 24.3 Å². The van der Waals surface area contributed by atoms with Crippen molar-refractivity contribution in [2.45, 2.75) is 206 Å². The van der Waals surface area contributed by atoms with Crippen LogP contribution in [0.5, 0.6) is 0 Å². The molecule has 0 saturated carbocycles. The van der Waals surface area contributed by atoms with Gasteiger partial charge in [-0.3, -0.25) is 9.59 Å². The maximum Gasteiger partial charge on any atom is 0.361 e. The Morgan fingerprint density at radius 1 is 0.545 bits per heavy atom. The van der Waals surface area contributed by atoms with Gasteiger partial charge in [-0.05, 0) is 44.9 Å². The van der Waals surface area contributed by atoms with Gasteiger partial charge in [0.05, 0.1) is 34.4 Å². The number of nitrogens with zero attached hydrogens (tertiary/aromatic N) is 1. The fraction of sp³-hybridized carbons (Fsp3) is 0.848. The van der Waals surface area contributed by atoms with Crippen molar-refractivity contribution in [3.8, 4) is 0 Å². The number of allylic oxidation sites excluding steroid dienone is 4. The molecule has 0 amide bonds. The van der Waals surface area contributed by atoms with Crippen molar-refractivity contribution in [2.24, 2.45) is 0 Å². The number of carbonyl (C=O) groups is 3. The van der Waals surface area contributed by atoms with E-state index in [1.807, 2.05) is 21.1 Å². The molecular weight excluding hydrogens is 695 g/mol. The highest BCUT2D eigenvalue weighted by atomic mass is 16.7. The molecule has 0 aromatic carbocycles. The average Bonchev–Trinajstić information content (AvgIpc) is 3.14. The largest absolute Gasteiger partial charge is 0.477 e. The Morgan fingerprint density at radius 3 is 1.47 bits per heavy atom. The molecule has 9 heteroatoms. The Hall–Kier alpha value is -2.23. The number of hydrogen-bond donors (Lipinski definition) is 1. The second kappa shape index (κ2) is 38.6. The number of carboxylic acids is 1. The van der Waals surface area contributed by atoms with Crippen LogP contribution in [0.25, 0.3) is 0 Å². The van der Waals surface area contributed by atoms with Crippen LogP contribution in [0.1, 0.15) is 194 Å². The molecule has 0 aliphatic rings. The van der Waals surface area contributed by atoms with Crippen molar-refractivity contribution >= 4 is 17.9 Å². The zero-order valence-electron chi connectivity index (χ0n) is 36.3. The number of carbonyl (C=O) groups excluding carboxylic acids is 2. The minimum atomic E-state index is -1.51. The van der Waals surface area contributed by atoms with Crippen molar-refractivity contribution in [1.29, 1.82) is 0 Å². The van der Waals surface area contributed by atoms with Gasteiger partial charge in [0.1, 0.15) is 13.2 Å². The minimum absolute atomic E-state index is 0.181. The fourth-order valence-corrected chi connectivity index (χ4v) is 6.16. The number of esters is 2. The summed E-state index contributed by atoms with van der Waals surface area (Å²) in [5.41, 5.74) is 0. The van der Waals surface area contributed by atoms with Crippen LogP contribution in [0.3, 0.4) is 0 Å². The molecule has 9 nitrogen and oxygen atoms in total. The van der Waals surface area contributed by atoms with Gasteiger partial charge in [0, 0.05) is 12.8 Å². The molecule has 0 saturated heterocycles. The van der Waals surface area contributed by atoms with Crippen LogP contribution < -0.4 is 0 Å². The SMILES string of the molecule is CCCCC/C=C\C/C=C\CCCCCCCCCC(=O)OC(COC(=O)CCCCCCCCCCCCCCC)COC(OCC[N+](C)(C)C)C(=O)O. The lowest BCUT2D eigenvalue weighted by atomic mass is 10.0. The number of aliphatic carboxylic acids is 1. The average molecular weight is 781 g/mol. The van der Waals surface area contributed by atoms with Crippen molar-refractivity contribution in [3.05, 3.63) is 24.3 Å². The molecule has 55 heavy (non-hydrogen) atoms. The lowest BCUT2D eigenvalue weighted by Gasteiger charge is -2.25. The number of likely N-dealkylation sites (N-methyl/N-ethyl adjacent to an activating group) is 1. The molecule has 2 atom stereocenters. The molecule has 0 fully saturated rings. The summed E-state index contributed by atoms with van der Waals surface area (Å²) < 4.78 is 22.7. The molecule has 1 N–H and O–H groups in total. The molecule has 0 aliphatic carbocycles. The third kappa shape index (κ3) is 39.8. The van der Waals surface area contributed by atoms with E-state index in [0.29, 0.717) is 23.9 Å². The Kier molecular flexibility index (Phi) is 37.1. The van der Waals surface area contributed by atoms with Gasteiger partial charge in [-0.25, -0.2) is 4.79 Å². The van der Waals surface area contributed by atoms with Gasteiger partial charge in [-0.1, -0.05) is 160 Å². The molecule has 0 aromatic rings. The van der Waals surface area contributed by atoms with Crippen LogP contribution in [-0.4, -0.2) is 87.4 Å². The van der Waals surface area contributed by atoms with Gasteiger partial charge in [0.15, 0.2) is 6.10 Å². The molecule has 0 heterocycles. The lowest BCUT2D eigenvalue weighted by molar-refractivity contribution is -0.870. The van der Waals surface area contributed by atoms with E-state index >= 15 is 0 Å². The maximum absolute atomic E-state index is 12.7. The van der Waals surface area contributed by atoms with E-state index in [-0.39, 0.29) is 32.2 Å². The van der Waals surface area contributed by atoms with Gasteiger partial charge in [-0.15, -0.1) is 0 Å². The van der Waals surface area contributed by atoms with Gasteiger partial charge < -0.3 is 28.5 Å². The summed E-state index contributed by atoms with van der Waals surface area (Å²) in [6.07, 6.45) is 38.0. The van der Waals surface area contributed by atoms with E-state index in [1.54, 1.807) is 0 Å². The number of carboxylic acid groups (broad SMARTS) is 1. The first-order chi connectivity index (χ1) is 26.6. The highest BCUT2D eigenvalue weighted by Crippen LogP contribution is 2.15. The number of rotatable bonds is 41. The van der Waals surface area contributed by atoms with Crippen LogP contribution in [0, 0.1) is 0 Å². The summed E-state index contributed by atoms with van der Waals surface area (Å²) >= 11 is 0. The highest BCUT2D eigenvalue weighted by Gasteiger charge is 2.25. The zero-order valence-corrected chi connectivity index (χ0v) is 36.3. The standard InChI is InChI=1S/C46H85NO8/c1-6-8-10-12-14-16-18-20-21-22-23-25-27-29-31-33-35-37-44(49)55-42(41-54-46(45(50)51)52-39-38-47(3,4)5)40-53-43(48)36-34-32-30-28-26-24-19-17-15-13-11-9-7-2/h14,16,20-21,42,46H,6-13,15,17-19,22-41H2,1-5H3/p+1/b16-14-,21-20-. The Balaban J connectivity index is 4.44. The summed E-state index contributed by atoms with van der Waals surface area (Å²) in [6, 6.07) is 0. The number of hydrogen-bond acceptors (Lipinski definition) is 7. The molecule has 0 aliphatic heterocycles. The van der Waals surface area contributed by atoms with Crippen LogP contribution >= 0.6 is 0 Å². The molecule has 322 valence electrons. The third-order valence-electron chi connectivity index (χ3n) is 9.71. The maximum atomic E-state index is 12.7. The monoisotopic (exact) mass is 781 g/mol. The van der Waals surface area contributed by atoms with Crippen molar-refractivity contribution in [1.82, 2.24) is 0 Å². The van der Waals surface area contributed by atoms with Gasteiger partial charge >= 0.3 is 17.9 Å². The van der Waals surface area contributed by atoms with E-state index in [4.69, 9.17) is 18.9 Å². The summed E-state index contributed by atoms with van der Waals surface area (Å²) in [7, 11) is 5.95. The zero-order chi connectivity index (χ0) is 40.7. The van der Waals surface area contributed by atoms with Crippen molar-refractivity contribution in [2.75, 3.05) is 47.5 Å². The van der Waals surface area contributed by atoms with E-state index in [9.17, 15) is 19.5 Å². The summed E-state index contributed by atoms with van der Waals surface area (Å²) in [5, 5.41) is 9.63. The molecule has 0 spiro atoms. The smallest absolute Gasteiger partial charge is 0.361 e. The first kappa shape index (κ1) is 52.8. The molecular formula is C46H86NO8+. The van der Waals surface area contributed by atoms with Crippen molar-refractivity contribution < 1.29 is 42.9 Å². The van der Waals surface area contributed by atoms with E-state index in [1.165, 1.54) is 109 Å². The second-order valence-electron chi connectivity index (χ2n) is 16.4. The Morgan fingerprint density at radius 2 is 0.982 bits per heavy atom. The lowest BCUT2D eigenvalue weighted by Crippen LogP contribution is -2.40. The highest BCUT2D eigenvalue weighted by molar-refractivity contribution is 5.71. The summed E-state index contributed by atoms with van der Waals surface area (Å²) in [6.45, 7) is 4.84. The fourth-order valence-electron chi connectivity index (χ4n) is 6.16. The summed E-state index contributed by atoms with van der Waals surface area (Å²) in [4.78, 5) is 37.1. The Labute approximate surface area is 337 Å². The van der Waals surface area contributed by atoms with Crippen LogP contribution in [0.4, 0.5) is 0 Å². The van der Waals surface area contributed by atoms with Crippen LogP contribution in [0.2, 0.25) is 0 Å².